The zero-order chi connectivity index (χ0) is 18.4. The highest BCUT2D eigenvalue weighted by molar-refractivity contribution is 7.71. The van der Waals surface area contributed by atoms with Crippen molar-refractivity contribution in [3.63, 3.8) is 0 Å². The lowest BCUT2D eigenvalue weighted by Gasteiger charge is -2.06. The van der Waals surface area contributed by atoms with Crippen molar-refractivity contribution in [1.29, 1.82) is 0 Å². The number of nitrogens with zero attached hydrogens (tertiary/aromatic N) is 3. The van der Waals surface area contributed by atoms with Gasteiger partial charge in [0.25, 0.3) is 0 Å². The number of para-hydroxylation sites is 1. The largest absolute Gasteiger partial charge is 0.480 e. The molecule has 0 amide bonds. The zero-order valence-corrected chi connectivity index (χ0v) is 14.5. The molecule has 130 valence electrons. The van der Waals surface area contributed by atoms with Crippen LogP contribution in [-0.4, -0.2) is 27.7 Å². The van der Waals surface area contributed by atoms with E-state index in [-0.39, 0.29) is 12.4 Å². The van der Waals surface area contributed by atoms with Gasteiger partial charge in [-0.1, -0.05) is 30.2 Å². The van der Waals surface area contributed by atoms with Crippen LogP contribution in [0, 0.1) is 22.9 Å². The summed E-state index contributed by atoms with van der Waals surface area (Å²) in [6.45, 7) is 0.172. The Morgan fingerprint density at radius 2 is 2.04 bits per heavy atom. The van der Waals surface area contributed by atoms with Gasteiger partial charge in [0.2, 0.25) is 4.77 Å². The van der Waals surface area contributed by atoms with Crippen LogP contribution in [0.5, 0.6) is 5.75 Å². The summed E-state index contributed by atoms with van der Waals surface area (Å²) in [5.74, 6) is 3.39. The van der Waals surface area contributed by atoms with E-state index in [2.05, 4.69) is 21.2 Å². The summed E-state index contributed by atoms with van der Waals surface area (Å²) in [7, 11) is 0. The normalized spacial score (nSPS) is 10.8. The second kappa shape index (κ2) is 8.23. The molecule has 5 nitrogen and oxygen atoms in total. The zero-order valence-electron chi connectivity index (χ0n) is 13.7. The third kappa shape index (κ3) is 4.23. The molecule has 3 aromatic rings. The van der Waals surface area contributed by atoms with Gasteiger partial charge in [0, 0.05) is 12.0 Å². The first-order chi connectivity index (χ1) is 12.7. The second-order valence-corrected chi connectivity index (χ2v) is 5.72. The first-order valence-corrected chi connectivity index (χ1v) is 8.18. The van der Waals surface area contributed by atoms with Gasteiger partial charge in [-0.25, -0.2) is 4.39 Å². The topological polar surface area (TPSA) is 55.2 Å². The molecule has 0 aliphatic rings. The Morgan fingerprint density at radius 3 is 2.81 bits per heavy atom. The van der Waals surface area contributed by atoms with Gasteiger partial charge in [-0.05, 0) is 42.0 Å². The Bertz CT molecular complexity index is 1020. The predicted molar refractivity (Wildman–Crippen MR) is 100 cm³/mol. The molecule has 1 N–H and O–H groups in total. The van der Waals surface area contributed by atoms with E-state index >= 15 is 0 Å². The summed E-state index contributed by atoms with van der Waals surface area (Å²) < 4.78 is 20.4. The van der Waals surface area contributed by atoms with E-state index in [1.54, 1.807) is 18.3 Å². The van der Waals surface area contributed by atoms with Crippen molar-refractivity contribution in [2.75, 3.05) is 6.61 Å². The van der Waals surface area contributed by atoms with Crippen molar-refractivity contribution in [2.24, 2.45) is 5.10 Å². The molecule has 2 aromatic carbocycles. The average Bonchev–Trinajstić information content (AvgIpc) is 3.00. The number of halogens is 1. The highest BCUT2D eigenvalue weighted by atomic mass is 32.1. The maximum atomic E-state index is 13.1. The van der Waals surface area contributed by atoms with Crippen LogP contribution in [0.4, 0.5) is 4.39 Å². The van der Waals surface area contributed by atoms with Crippen molar-refractivity contribution in [3.05, 3.63) is 76.1 Å². The predicted octanol–water partition coefficient (Wildman–Crippen LogP) is 3.56. The standard InChI is InChI=1S/C19H15FN4OS/c1-2-11-25-17-6-4-3-5-15(17)13-21-24-18(22-23-19(24)26)12-14-7-9-16(20)10-8-14/h1,3-10,13H,11-12H2,(H,23,26)/b21-13-. The number of terminal acetylenes is 1. The monoisotopic (exact) mass is 366 g/mol. The number of rotatable bonds is 6. The van der Waals surface area contributed by atoms with Crippen LogP contribution in [0.15, 0.2) is 53.6 Å². The number of hydrogen-bond donors (Lipinski definition) is 1. The molecule has 26 heavy (non-hydrogen) atoms. The van der Waals surface area contributed by atoms with Crippen molar-refractivity contribution in [1.82, 2.24) is 14.9 Å². The van der Waals surface area contributed by atoms with Gasteiger partial charge in [0.05, 0.1) is 6.21 Å². The molecule has 0 bridgehead atoms. The van der Waals surface area contributed by atoms with Gasteiger partial charge in [-0.15, -0.1) is 6.42 Å². The molecular formula is C19H15FN4OS. The van der Waals surface area contributed by atoms with E-state index in [0.29, 0.717) is 22.8 Å². The Balaban J connectivity index is 1.86. The fraction of sp³-hybridized carbons (Fsp3) is 0.105. The molecule has 7 heteroatoms. The van der Waals surface area contributed by atoms with Crippen LogP contribution >= 0.6 is 12.2 Å². The molecule has 0 atom stereocenters. The lowest BCUT2D eigenvalue weighted by atomic mass is 10.1. The van der Waals surface area contributed by atoms with Gasteiger partial charge in [-0.2, -0.15) is 14.9 Å². The number of H-pyrrole nitrogens is 1. The minimum absolute atomic E-state index is 0.172. The minimum atomic E-state index is -0.283. The Hall–Kier alpha value is -3.24. The van der Waals surface area contributed by atoms with Crippen molar-refractivity contribution >= 4 is 18.4 Å². The Morgan fingerprint density at radius 1 is 1.27 bits per heavy atom. The van der Waals surface area contributed by atoms with E-state index in [0.717, 1.165) is 11.1 Å². The summed E-state index contributed by atoms with van der Waals surface area (Å²) in [5, 5.41) is 11.3. The Kier molecular flexibility index (Phi) is 5.56. The smallest absolute Gasteiger partial charge is 0.216 e. The van der Waals surface area contributed by atoms with Crippen molar-refractivity contribution in [2.45, 2.75) is 6.42 Å². The van der Waals surface area contributed by atoms with Crippen LogP contribution in [0.1, 0.15) is 17.0 Å². The molecular weight excluding hydrogens is 351 g/mol. The molecule has 0 aliphatic heterocycles. The SMILES string of the molecule is C#CCOc1ccccc1/C=N\n1c(Cc2ccc(F)cc2)n[nH]c1=S. The van der Waals surface area contributed by atoms with E-state index < -0.39 is 0 Å². The van der Waals surface area contributed by atoms with E-state index in [4.69, 9.17) is 23.4 Å². The van der Waals surface area contributed by atoms with Gasteiger partial charge in [-0.3, -0.25) is 5.10 Å². The molecule has 0 aliphatic carbocycles. The summed E-state index contributed by atoms with van der Waals surface area (Å²) in [4.78, 5) is 0. The first kappa shape index (κ1) is 17.6. The van der Waals surface area contributed by atoms with Crippen LogP contribution in [0.25, 0.3) is 0 Å². The molecule has 0 saturated carbocycles. The number of aromatic nitrogens is 3. The maximum absolute atomic E-state index is 13.1. The maximum Gasteiger partial charge on any atom is 0.216 e. The van der Waals surface area contributed by atoms with Crippen LogP contribution in [-0.2, 0) is 6.42 Å². The van der Waals surface area contributed by atoms with Crippen molar-refractivity contribution in [3.8, 4) is 18.1 Å². The number of nitrogens with one attached hydrogen (secondary N) is 1. The molecule has 1 aromatic heterocycles. The Labute approximate surface area is 155 Å². The minimum Gasteiger partial charge on any atom is -0.480 e. The van der Waals surface area contributed by atoms with Gasteiger partial charge in [0.1, 0.15) is 18.2 Å². The highest BCUT2D eigenvalue weighted by Gasteiger charge is 2.07. The number of ether oxygens (including phenoxy) is 1. The van der Waals surface area contributed by atoms with E-state index in [9.17, 15) is 4.39 Å². The molecule has 3 rings (SSSR count). The third-order valence-electron chi connectivity index (χ3n) is 3.54. The highest BCUT2D eigenvalue weighted by Crippen LogP contribution is 2.16. The molecule has 0 saturated heterocycles. The fourth-order valence-electron chi connectivity index (χ4n) is 2.30. The summed E-state index contributed by atoms with van der Waals surface area (Å²) >= 11 is 5.24. The summed E-state index contributed by atoms with van der Waals surface area (Å²) in [6, 6.07) is 13.6. The number of aromatic amines is 1. The third-order valence-corrected chi connectivity index (χ3v) is 3.80. The number of benzene rings is 2. The first-order valence-electron chi connectivity index (χ1n) is 7.78. The van der Waals surface area contributed by atoms with Crippen molar-refractivity contribution < 1.29 is 9.13 Å². The molecule has 0 spiro atoms. The summed E-state index contributed by atoms with van der Waals surface area (Å²) in [5.41, 5.74) is 1.66. The van der Waals surface area contributed by atoms with Gasteiger partial charge < -0.3 is 4.74 Å². The quantitative estimate of drug-likeness (QED) is 0.412. The van der Waals surface area contributed by atoms with E-state index in [1.165, 1.54) is 16.8 Å². The molecule has 0 unspecified atom stereocenters. The second-order valence-electron chi connectivity index (χ2n) is 5.34. The number of hydrogen-bond acceptors (Lipinski definition) is 4. The lowest BCUT2D eigenvalue weighted by Crippen LogP contribution is -2.02. The van der Waals surface area contributed by atoms with Crippen LogP contribution in [0.2, 0.25) is 0 Å². The molecule has 0 radical (unpaired) electrons. The molecule has 1 heterocycles. The molecule has 0 fully saturated rings. The lowest BCUT2D eigenvalue weighted by molar-refractivity contribution is 0.370. The van der Waals surface area contributed by atoms with E-state index in [1.807, 2.05) is 24.3 Å². The van der Waals surface area contributed by atoms with Gasteiger partial charge >= 0.3 is 0 Å². The average molecular weight is 366 g/mol. The summed E-state index contributed by atoms with van der Waals surface area (Å²) in [6.07, 6.45) is 7.33. The van der Waals surface area contributed by atoms with Crippen LogP contribution in [0.3, 0.4) is 0 Å². The van der Waals surface area contributed by atoms with Gasteiger partial charge in [0.15, 0.2) is 5.82 Å². The van der Waals surface area contributed by atoms with Crippen LogP contribution < -0.4 is 4.74 Å². The fourth-order valence-corrected chi connectivity index (χ4v) is 2.50.